The van der Waals surface area contributed by atoms with Gasteiger partial charge in [0.2, 0.25) is 0 Å². The zero-order valence-corrected chi connectivity index (χ0v) is 14.6. The van der Waals surface area contributed by atoms with E-state index in [1.165, 1.54) is 14.0 Å². The zero-order chi connectivity index (χ0) is 15.8. The minimum absolute atomic E-state index is 0.279. The summed E-state index contributed by atoms with van der Waals surface area (Å²) in [5, 5.41) is 10.0. The van der Waals surface area contributed by atoms with Gasteiger partial charge in [-0.15, -0.1) is 0 Å². The van der Waals surface area contributed by atoms with Crippen molar-refractivity contribution < 1.29 is 5.11 Å². The van der Waals surface area contributed by atoms with Crippen LogP contribution >= 0.6 is 23.5 Å². The summed E-state index contributed by atoms with van der Waals surface area (Å²) >= 11 is 3.50. The Balaban J connectivity index is 2.11. The summed E-state index contributed by atoms with van der Waals surface area (Å²) in [5.41, 5.74) is 0. The van der Waals surface area contributed by atoms with Crippen LogP contribution < -0.4 is 0 Å². The average Bonchev–Trinajstić information content (AvgIpc) is 2.54. The van der Waals surface area contributed by atoms with Crippen LogP contribution in [-0.2, 0) is 0 Å². The van der Waals surface area contributed by atoms with E-state index in [9.17, 15) is 5.11 Å². The molecule has 1 nitrogen and oxygen atoms in total. The lowest BCUT2D eigenvalue weighted by atomic mass is 10.1. The molecule has 0 unspecified atom stereocenters. The lowest BCUT2D eigenvalue weighted by Gasteiger charge is -2.13. The molecule has 0 aliphatic rings. The summed E-state index contributed by atoms with van der Waals surface area (Å²) in [6.07, 6.45) is 2.55. The van der Waals surface area contributed by atoms with Crippen molar-refractivity contribution in [2.24, 2.45) is 5.92 Å². The molecule has 2 aromatic rings. The van der Waals surface area contributed by atoms with Crippen LogP contribution in [-0.4, -0.2) is 11.2 Å². The minimum atomic E-state index is -0.289. The molecule has 0 fully saturated rings. The number of aliphatic hydroxyl groups excluding tert-OH is 1. The van der Waals surface area contributed by atoms with Crippen LogP contribution in [0.1, 0.15) is 20.3 Å². The molecular formula is C19H22OS2. The van der Waals surface area contributed by atoms with Crippen molar-refractivity contribution in [2.75, 3.05) is 0 Å². The van der Waals surface area contributed by atoms with E-state index in [1.807, 2.05) is 26.0 Å². The topological polar surface area (TPSA) is 20.2 Å². The van der Waals surface area contributed by atoms with Crippen LogP contribution in [0.3, 0.4) is 0 Å². The van der Waals surface area contributed by atoms with Crippen LogP contribution in [0.15, 0.2) is 80.8 Å². The molecular weight excluding hydrogens is 308 g/mol. The van der Waals surface area contributed by atoms with Crippen molar-refractivity contribution >= 4 is 23.5 Å². The van der Waals surface area contributed by atoms with Gasteiger partial charge in [0.25, 0.3) is 0 Å². The Morgan fingerprint density at radius 2 is 1.36 bits per heavy atom. The van der Waals surface area contributed by atoms with Gasteiger partial charge in [-0.05, 0) is 36.6 Å². The molecule has 0 saturated carbocycles. The number of benzene rings is 2. The third kappa shape index (κ3) is 5.91. The smallest absolute Gasteiger partial charge is 0.0598 e. The van der Waals surface area contributed by atoms with Crippen LogP contribution in [0.4, 0.5) is 0 Å². The Kier molecular flexibility index (Phi) is 7.10. The molecule has 116 valence electrons. The fourth-order valence-electron chi connectivity index (χ4n) is 1.80. The van der Waals surface area contributed by atoms with E-state index in [2.05, 4.69) is 54.6 Å². The predicted molar refractivity (Wildman–Crippen MR) is 98.1 cm³/mol. The van der Waals surface area contributed by atoms with Gasteiger partial charge in [-0.1, -0.05) is 79.8 Å². The highest BCUT2D eigenvalue weighted by Gasteiger charge is 2.09. The number of hydrogen-bond acceptors (Lipinski definition) is 3. The van der Waals surface area contributed by atoms with E-state index in [0.29, 0.717) is 6.42 Å². The third-order valence-corrected chi connectivity index (χ3v) is 5.47. The average molecular weight is 331 g/mol. The number of hydrogen-bond donors (Lipinski definition) is 1. The fraction of sp³-hybridized carbons (Fsp3) is 0.263. The Morgan fingerprint density at radius 1 is 0.909 bits per heavy atom. The molecule has 1 atom stereocenters. The van der Waals surface area contributed by atoms with Crippen molar-refractivity contribution in [1.29, 1.82) is 0 Å². The predicted octanol–water partition coefficient (Wildman–Crippen LogP) is 5.82. The van der Waals surface area contributed by atoms with Gasteiger partial charge < -0.3 is 5.11 Å². The molecule has 0 saturated heterocycles. The summed E-state index contributed by atoms with van der Waals surface area (Å²) in [5.74, 6) is 0.279. The second-order valence-corrected chi connectivity index (χ2v) is 7.89. The van der Waals surface area contributed by atoms with E-state index < -0.39 is 0 Å². The maximum atomic E-state index is 10.0. The molecule has 0 bridgehead atoms. The molecule has 2 rings (SSSR count). The molecule has 0 radical (unpaired) electrons. The molecule has 0 amide bonds. The first-order valence-corrected chi connectivity index (χ1v) is 9.12. The molecule has 0 spiro atoms. The normalized spacial score (nSPS) is 12.2. The molecule has 1 N–H and O–H groups in total. The van der Waals surface area contributed by atoms with Gasteiger partial charge in [0.15, 0.2) is 0 Å². The minimum Gasteiger partial charge on any atom is -0.393 e. The quantitative estimate of drug-likeness (QED) is 0.646. The second-order valence-electron chi connectivity index (χ2n) is 5.40. The monoisotopic (exact) mass is 330 g/mol. The van der Waals surface area contributed by atoms with Gasteiger partial charge in [-0.2, -0.15) is 0 Å². The Bertz CT molecular complexity index is 535. The van der Waals surface area contributed by atoms with Crippen molar-refractivity contribution in [3.63, 3.8) is 0 Å². The maximum absolute atomic E-state index is 10.0. The summed E-state index contributed by atoms with van der Waals surface area (Å²) in [6, 6.07) is 20.7. The van der Waals surface area contributed by atoms with Gasteiger partial charge in [-0.25, -0.2) is 0 Å². The van der Waals surface area contributed by atoms with Gasteiger partial charge in [-0.3, -0.25) is 0 Å². The molecule has 22 heavy (non-hydrogen) atoms. The highest BCUT2D eigenvalue weighted by molar-refractivity contribution is 8.22. The van der Waals surface area contributed by atoms with Crippen molar-refractivity contribution in [3.8, 4) is 0 Å². The van der Waals surface area contributed by atoms with Gasteiger partial charge in [0.05, 0.1) is 6.10 Å². The number of aliphatic hydroxyl groups is 1. The SMILES string of the molecule is CC(C)[C@H](O)CC=C(Sc1ccccc1)Sc1ccccc1. The van der Waals surface area contributed by atoms with Crippen LogP contribution in [0.25, 0.3) is 0 Å². The van der Waals surface area contributed by atoms with Crippen LogP contribution in [0.2, 0.25) is 0 Å². The number of thioether (sulfide) groups is 2. The van der Waals surface area contributed by atoms with Crippen molar-refractivity contribution in [2.45, 2.75) is 36.2 Å². The highest BCUT2D eigenvalue weighted by Crippen LogP contribution is 2.39. The van der Waals surface area contributed by atoms with E-state index in [-0.39, 0.29) is 12.0 Å². The molecule has 0 aromatic heterocycles. The van der Waals surface area contributed by atoms with E-state index in [4.69, 9.17) is 0 Å². The molecule has 0 heterocycles. The molecule has 0 aliphatic heterocycles. The zero-order valence-electron chi connectivity index (χ0n) is 13.0. The van der Waals surface area contributed by atoms with E-state index in [1.54, 1.807) is 23.5 Å². The highest BCUT2D eigenvalue weighted by atomic mass is 32.2. The van der Waals surface area contributed by atoms with E-state index >= 15 is 0 Å². The Hall–Kier alpha value is -1.16. The summed E-state index contributed by atoms with van der Waals surface area (Å²) in [6.45, 7) is 4.10. The molecule has 2 aromatic carbocycles. The lowest BCUT2D eigenvalue weighted by Crippen LogP contribution is -2.12. The van der Waals surface area contributed by atoms with Crippen molar-refractivity contribution in [1.82, 2.24) is 0 Å². The summed E-state index contributed by atoms with van der Waals surface area (Å²) < 4.78 is 1.21. The second kappa shape index (κ2) is 9.09. The van der Waals surface area contributed by atoms with Crippen molar-refractivity contribution in [3.05, 3.63) is 71.0 Å². The van der Waals surface area contributed by atoms with E-state index in [0.717, 1.165) is 0 Å². The van der Waals surface area contributed by atoms with Gasteiger partial charge in [0.1, 0.15) is 0 Å². The molecule has 3 heteroatoms. The summed E-state index contributed by atoms with van der Waals surface area (Å²) in [7, 11) is 0. The molecule has 0 aliphatic carbocycles. The number of rotatable bonds is 7. The fourth-order valence-corrected chi connectivity index (χ4v) is 3.96. The lowest BCUT2D eigenvalue weighted by molar-refractivity contribution is 0.128. The van der Waals surface area contributed by atoms with Crippen LogP contribution in [0, 0.1) is 5.92 Å². The maximum Gasteiger partial charge on any atom is 0.0598 e. The largest absolute Gasteiger partial charge is 0.393 e. The van der Waals surface area contributed by atoms with Gasteiger partial charge >= 0.3 is 0 Å². The van der Waals surface area contributed by atoms with Crippen LogP contribution in [0.5, 0.6) is 0 Å². The Labute approximate surface area is 141 Å². The summed E-state index contributed by atoms with van der Waals surface area (Å²) in [4.78, 5) is 2.44. The van der Waals surface area contributed by atoms with Gasteiger partial charge in [0, 0.05) is 14.0 Å². The first kappa shape index (κ1) is 17.2. The Morgan fingerprint density at radius 3 is 1.77 bits per heavy atom. The first-order valence-electron chi connectivity index (χ1n) is 7.49. The third-order valence-electron chi connectivity index (χ3n) is 3.22. The standard InChI is InChI=1S/C19H22OS2/c1-15(2)18(20)13-14-19(21-16-9-5-3-6-10-16)22-17-11-7-4-8-12-17/h3-12,14-15,18,20H,13H2,1-2H3/t18-/m1/s1. The first-order chi connectivity index (χ1) is 10.6.